The summed E-state index contributed by atoms with van der Waals surface area (Å²) in [6, 6.07) is 7.29. The summed E-state index contributed by atoms with van der Waals surface area (Å²) in [6.07, 6.45) is 3.86. The van der Waals surface area contributed by atoms with Crippen LogP contribution in [-0.2, 0) is 6.54 Å². The second kappa shape index (κ2) is 5.90. The second-order valence-electron chi connectivity index (χ2n) is 4.13. The van der Waals surface area contributed by atoms with Gasteiger partial charge in [-0.15, -0.1) is 0 Å². The fourth-order valence-electron chi connectivity index (χ4n) is 1.63. The molecule has 0 aliphatic carbocycles. The summed E-state index contributed by atoms with van der Waals surface area (Å²) in [5.74, 6) is 0.278. The molecule has 0 atom stereocenters. The van der Waals surface area contributed by atoms with Gasteiger partial charge in [-0.05, 0) is 12.1 Å². The third kappa shape index (κ3) is 3.74. The number of anilines is 1. The number of ether oxygens (including phenoxy) is 1. The molecule has 100 valence electrons. The van der Waals surface area contributed by atoms with E-state index in [9.17, 15) is 4.79 Å². The molecule has 0 aliphatic rings. The molecule has 0 saturated heterocycles. The van der Waals surface area contributed by atoms with Crippen molar-refractivity contribution in [3.05, 3.63) is 42.2 Å². The third-order valence-electron chi connectivity index (χ3n) is 2.58. The average molecular weight is 260 g/mol. The van der Waals surface area contributed by atoms with E-state index in [0.29, 0.717) is 24.4 Å². The molecule has 1 aromatic carbocycles. The lowest BCUT2D eigenvalue weighted by Crippen LogP contribution is -2.10. The monoisotopic (exact) mass is 260 g/mol. The van der Waals surface area contributed by atoms with Crippen LogP contribution in [0.15, 0.2) is 36.7 Å². The Hall–Kier alpha value is -2.50. The van der Waals surface area contributed by atoms with Crippen molar-refractivity contribution < 1.29 is 9.53 Å². The van der Waals surface area contributed by atoms with Gasteiger partial charge in [0.2, 0.25) is 0 Å². The van der Waals surface area contributed by atoms with Crippen molar-refractivity contribution in [3.63, 3.8) is 0 Å². The van der Waals surface area contributed by atoms with E-state index < -0.39 is 5.91 Å². The number of benzene rings is 1. The predicted octanol–water partition coefficient (Wildman–Crippen LogP) is 1.03. The van der Waals surface area contributed by atoms with Crippen LogP contribution in [0.1, 0.15) is 16.8 Å². The van der Waals surface area contributed by atoms with Crippen LogP contribution < -0.4 is 16.2 Å². The first-order valence-corrected chi connectivity index (χ1v) is 5.96. The zero-order valence-electron chi connectivity index (χ0n) is 10.5. The van der Waals surface area contributed by atoms with Gasteiger partial charge < -0.3 is 16.2 Å². The molecule has 6 heteroatoms. The standard InChI is InChI=1S/C13H16N4O2/c14-11-3-1-4-12(7-11)19-6-2-5-17-9-10(8-16-17)13(15)18/h1,3-4,7-9H,2,5-6,14H2,(H2,15,18). The molecule has 2 aromatic rings. The lowest BCUT2D eigenvalue weighted by molar-refractivity contribution is 0.1000. The number of carbonyl (C=O) groups is 1. The van der Waals surface area contributed by atoms with Crippen LogP contribution in [0.25, 0.3) is 0 Å². The van der Waals surface area contributed by atoms with Crippen LogP contribution in [0.3, 0.4) is 0 Å². The Balaban J connectivity index is 1.76. The van der Waals surface area contributed by atoms with Crippen LogP contribution >= 0.6 is 0 Å². The number of hydrogen-bond acceptors (Lipinski definition) is 4. The molecule has 0 radical (unpaired) electrons. The molecule has 2 rings (SSSR count). The number of primary amides is 1. The van der Waals surface area contributed by atoms with Gasteiger partial charge in [-0.1, -0.05) is 6.07 Å². The first-order chi connectivity index (χ1) is 9.15. The summed E-state index contributed by atoms with van der Waals surface area (Å²) >= 11 is 0. The van der Waals surface area contributed by atoms with Gasteiger partial charge in [0.15, 0.2) is 0 Å². The van der Waals surface area contributed by atoms with Crippen molar-refractivity contribution in [2.45, 2.75) is 13.0 Å². The minimum absolute atomic E-state index is 0.414. The number of hydrogen-bond donors (Lipinski definition) is 2. The van der Waals surface area contributed by atoms with Gasteiger partial charge in [-0.25, -0.2) is 0 Å². The molecular weight excluding hydrogens is 244 g/mol. The molecule has 0 saturated carbocycles. The van der Waals surface area contributed by atoms with E-state index in [0.717, 1.165) is 12.2 Å². The highest BCUT2D eigenvalue weighted by atomic mass is 16.5. The molecule has 4 N–H and O–H groups in total. The lowest BCUT2D eigenvalue weighted by atomic mass is 10.3. The van der Waals surface area contributed by atoms with Gasteiger partial charge in [0.1, 0.15) is 5.75 Å². The van der Waals surface area contributed by atoms with E-state index in [-0.39, 0.29) is 0 Å². The summed E-state index contributed by atoms with van der Waals surface area (Å²) in [5.41, 5.74) is 11.9. The number of nitrogen functional groups attached to an aromatic ring is 1. The minimum Gasteiger partial charge on any atom is -0.493 e. The van der Waals surface area contributed by atoms with Crippen LogP contribution in [0.2, 0.25) is 0 Å². The van der Waals surface area contributed by atoms with E-state index in [1.165, 1.54) is 6.20 Å². The molecule has 0 spiro atoms. The normalized spacial score (nSPS) is 10.3. The molecule has 6 nitrogen and oxygen atoms in total. The number of nitrogens with zero attached hydrogens (tertiary/aromatic N) is 2. The largest absolute Gasteiger partial charge is 0.493 e. The molecule has 19 heavy (non-hydrogen) atoms. The van der Waals surface area contributed by atoms with Gasteiger partial charge >= 0.3 is 0 Å². The Morgan fingerprint density at radius 1 is 1.42 bits per heavy atom. The van der Waals surface area contributed by atoms with E-state index in [1.807, 2.05) is 18.2 Å². The quantitative estimate of drug-likeness (QED) is 0.599. The molecule has 1 amide bonds. The average Bonchev–Trinajstić information content (AvgIpc) is 2.84. The Labute approximate surface area is 111 Å². The highest BCUT2D eigenvalue weighted by molar-refractivity contribution is 5.92. The van der Waals surface area contributed by atoms with Crippen molar-refractivity contribution in [3.8, 4) is 5.75 Å². The van der Waals surface area contributed by atoms with Gasteiger partial charge in [-0.3, -0.25) is 9.48 Å². The Kier molecular flexibility index (Phi) is 4.02. The number of carbonyl (C=O) groups excluding carboxylic acids is 1. The van der Waals surface area contributed by atoms with E-state index in [4.69, 9.17) is 16.2 Å². The maximum Gasteiger partial charge on any atom is 0.251 e. The summed E-state index contributed by atoms with van der Waals surface area (Å²) in [5, 5.41) is 4.04. The topological polar surface area (TPSA) is 96.2 Å². The van der Waals surface area contributed by atoms with Crippen LogP contribution in [0.4, 0.5) is 5.69 Å². The summed E-state index contributed by atoms with van der Waals surface area (Å²) < 4.78 is 7.22. The molecule has 0 aliphatic heterocycles. The number of amides is 1. The minimum atomic E-state index is -0.470. The van der Waals surface area contributed by atoms with Crippen LogP contribution in [0, 0.1) is 0 Å². The van der Waals surface area contributed by atoms with E-state index in [2.05, 4.69) is 5.10 Å². The lowest BCUT2D eigenvalue weighted by Gasteiger charge is -2.06. The molecule has 0 unspecified atom stereocenters. The fourth-order valence-corrected chi connectivity index (χ4v) is 1.63. The number of aryl methyl sites for hydroxylation is 1. The Bertz CT molecular complexity index is 565. The Morgan fingerprint density at radius 2 is 2.26 bits per heavy atom. The smallest absolute Gasteiger partial charge is 0.251 e. The number of aromatic nitrogens is 2. The van der Waals surface area contributed by atoms with E-state index in [1.54, 1.807) is 16.9 Å². The predicted molar refractivity (Wildman–Crippen MR) is 71.7 cm³/mol. The highest BCUT2D eigenvalue weighted by Gasteiger charge is 2.03. The molecule has 0 fully saturated rings. The summed E-state index contributed by atoms with van der Waals surface area (Å²) in [7, 11) is 0. The van der Waals surface area contributed by atoms with Crippen LogP contribution in [0.5, 0.6) is 5.75 Å². The molecule has 1 heterocycles. The Morgan fingerprint density at radius 3 is 2.95 bits per heavy atom. The highest BCUT2D eigenvalue weighted by Crippen LogP contribution is 2.14. The van der Waals surface area contributed by atoms with Crippen molar-refractivity contribution in [1.82, 2.24) is 9.78 Å². The van der Waals surface area contributed by atoms with Crippen molar-refractivity contribution in [2.24, 2.45) is 5.73 Å². The number of rotatable bonds is 6. The molecular formula is C13H16N4O2. The second-order valence-corrected chi connectivity index (χ2v) is 4.13. The van der Waals surface area contributed by atoms with Crippen molar-refractivity contribution in [1.29, 1.82) is 0 Å². The fraction of sp³-hybridized carbons (Fsp3) is 0.231. The summed E-state index contributed by atoms with van der Waals surface area (Å²) in [6.45, 7) is 1.21. The molecule has 1 aromatic heterocycles. The maximum atomic E-state index is 10.9. The molecule has 0 bridgehead atoms. The first kappa shape index (κ1) is 12.9. The van der Waals surface area contributed by atoms with Crippen molar-refractivity contribution in [2.75, 3.05) is 12.3 Å². The number of nitrogens with two attached hydrogens (primary N) is 2. The van der Waals surface area contributed by atoms with Gasteiger partial charge in [0.05, 0.1) is 18.4 Å². The van der Waals surface area contributed by atoms with Gasteiger partial charge in [0, 0.05) is 30.9 Å². The first-order valence-electron chi connectivity index (χ1n) is 5.96. The SMILES string of the molecule is NC(=O)c1cnn(CCCOc2cccc(N)c2)c1. The van der Waals surface area contributed by atoms with Crippen LogP contribution in [-0.4, -0.2) is 22.3 Å². The summed E-state index contributed by atoms with van der Waals surface area (Å²) in [4.78, 5) is 10.9. The zero-order chi connectivity index (χ0) is 13.7. The van der Waals surface area contributed by atoms with Crippen molar-refractivity contribution >= 4 is 11.6 Å². The zero-order valence-corrected chi connectivity index (χ0v) is 10.5. The third-order valence-corrected chi connectivity index (χ3v) is 2.58. The van der Waals surface area contributed by atoms with E-state index >= 15 is 0 Å². The van der Waals surface area contributed by atoms with Gasteiger partial charge in [-0.2, -0.15) is 5.10 Å². The maximum absolute atomic E-state index is 10.9. The van der Waals surface area contributed by atoms with Gasteiger partial charge in [0.25, 0.3) is 5.91 Å².